The summed E-state index contributed by atoms with van der Waals surface area (Å²) >= 11 is 1.08. The second kappa shape index (κ2) is 7.61. The van der Waals surface area contributed by atoms with Crippen LogP contribution in [0, 0.1) is 0 Å². The van der Waals surface area contributed by atoms with Crippen LogP contribution in [0.2, 0.25) is 0 Å². The first-order chi connectivity index (χ1) is 12.1. The molecule has 3 rings (SSSR count). The summed E-state index contributed by atoms with van der Waals surface area (Å²) in [5.41, 5.74) is 0.649. The van der Waals surface area contributed by atoms with E-state index in [4.69, 9.17) is 4.74 Å². The Balaban J connectivity index is 1.82. The highest BCUT2D eigenvalue weighted by Gasteiger charge is 2.31. The smallest absolute Gasteiger partial charge is 0.349 e. The Morgan fingerprint density at radius 3 is 2.24 bits per heavy atom. The second-order valence-corrected chi connectivity index (χ2v) is 7.03. The Bertz CT molecular complexity index is 778. The number of esters is 1. The minimum Gasteiger partial charge on any atom is -0.443 e. The van der Waals surface area contributed by atoms with Crippen LogP contribution in [0.5, 0.6) is 0 Å². The van der Waals surface area contributed by atoms with Gasteiger partial charge in [-0.3, -0.25) is 9.59 Å². The van der Waals surface area contributed by atoms with Crippen molar-refractivity contribution in [3.05, 3.63) is 57.8 Å². The summed E-state index contributed by atoms with van der Waals surface area (Å²) in [6.07, 6.45) is 0.969. The molecule has 0 unspecified atom stereocenters. The first kappa shape index (κ1) is 17.4. The average Bonchev–Trinajstić information content (AvgIpc) is 3.31. The van der Waals surface area contributed by atoms with E-state index in [0.29, 0.717) is 28.4 Å². The van der Waals surface area contributed by atoms with Crippen molar-refractivity contribution in [3.8, 4) is 0 Å². The SMILES string of the molecule is CC(=O)c1ccc(C(=O)O[C@H](C(=O)N2CCCC2)c2ccccc2)s1. The third kappa shape index (κ3) is 3.96. The molecule has 2 heterocycles. The number of thiophene rings is 1. The molecule has 1 aliphatic heterocycles. The minimum atomic E-state index is -0.963. The fourth-order valence-electron chi connectivity index (χ4n) is 2.79. The molecule has 0 saturated carbocycles. The zero-order valence-corrected chi connectivity index (χ0v) is 14.8. The van der Waals surface area contributed by atoms with Gasteiger partial charge in [0.1, 0.15) is 4.88 Å². The van der Waals surface area contributed by atoms with Gasteiger partial charge in [-0.1, -0.05) is 30.3 Å². The number of benzene rings is 1. The van der Waals surface area contributed by atoms with Crippen LogP contribution in [0.15, 0.2) is 42.5 Å². The van der Waals surface area contributed by atoms with Crippen molar-refractivity contribution in [3.63, 3.8) is 0 Å². The van der Waals surface area contributed by atoms with Crippen molar-refractivity contribution < 1.29 is 19.1 Å². The van der Waals surface area contributed by atoms with Crippen LogP contribution in [0.4, 0.5) is 0 Å². The molecule has 1 saturated heterocycles. The van der Waals surface area contributed by atoms with Crippen LogP contribution >= 0.6 is 11.3 Å². The standard InChI is InChI=1S/C19H19NO4S/c1-13(21)15-9-10-16(25-15)19(23)24-17(14-7-3-2-4-8-14)18(22)20-11-5-6-12-20/h2-4,7-10,17H,5-6,11-12H2,1H3/t17-/m0/s1. The predicted molar refractivity (Wildman–Crippen MR) is 94.7 cm³/mol. The summed E-state index contributed by atoms with van der Waals surface area (Å²) in [5, 5.41) is 0. The summed E-state index contributed by atoms with van der Waals surface area (Å²) in [4.78, 5) is 39.3. The van der Waals surface area contributed by atoms with Crippen molar-refractivity contribution in [2.75, 3.05) is 13.1 Å². The molecule has 1 amide bonds. The maximum Gasteiger partial charge on any atom is 0.349 e. The molecule has 2 aromatic rings. The lowest BCUT2D eigenvalue weighted by Gasteiger charge is -2.23. The first-order valence-electron chi connectivity index (χ1n) is 8.22. The van der Waals surface area contributed by atoms with Crippen molar-refractivity contribution in [1.82, 2.24) is 4.90 Å². The van der Waals surface area contributed by atoms with Gasteiger partial charge in [0, 0.05) is 18.7 Å². The number of carbonyl (C=O) groups is 3. The molecule has 1 aromatic carbocycles. The number of hydrogen-bond acceptors (Lipinski definition) is 5. The Hall–Kier alpha value is -2.47. The van der Waals surface area contributed by atoms with Crippen LogP contribution in [0.25, 0.3) is 0 Å². The van der Waals surface area contributed by atoms with Crippen LogP contribution < -0.4 is 0 Å². The van der Waals surface area contributed by atoms with E-state index in [2.05, 4.69) is 0 Å². The molecule has 0 spiro atoms. The lowest BCUT2D eigenvalue weighted by atomic mass is 10.1. The molecular weight excluding hydrogens is 338 g/mol. The number of hydrogen-bond donors (Lipinski definition) is 0. The van der Waals surface area contributed by atoms with Crippen LogP contribution in [0.3, 0.4) is 0 Å². The lowest BCUT2D eigenvalue weighted by Crippen LogP contribution is -2.34. The van der Waals surface area contributed by atoms with Gasteiger partial charge in [-0.2, -0.15) is 0 Å². The molecule has 1 atom stereocenters. The third-order valence-electron chi connectivity index (χ3n) is 4.12. The second-order valence-electron chi connectivity index (χ2n) is 5.95. The van der Waals surface area contributed by atoms with Crippen molar-refractivity contribution in [2.45, 2.75) is 25.9 Å². The highest BCUT2D eigenvalue weighted by Crippen LogP contribution is 2.26. The van der Waals surface area contributed by atoms with E-state index in [1.807, 2.05) is 18.2 Å². The number of nitrogens with zero attached hydrogens (tertiary/aromatic N) is 1. The molecule has 0 aliphatic carbocycles. The number of carbonyl (C=O) groups excluding carboxylic acids is 3. The molecule has 1 fully saturated rings. The largest absolute Gasteiger partial charge is 0.443 e. The number of rotatable bonds is 5. The quantitative estimate of drug-likeness (QED) is 0.607. The zero-order chi connectivity index (χ0) is 17.8. The summed E-state index contributed by atoms with van der Waals surface area (Å²) in [7, 11) is 0. The van der Waals surface area contributed by atoms with Gasteiger partial charge in [0.25, 0.3) is 5.91 Å². The lowest BCUT2D eigenvalue weighted by molar-refractivity contribution is -0.140. The monoisotopic (exact) mass is 357 g/mol. The van der Waals surface area contributed by atoms with Gasteiger partial charge < -0.3 is 9.64 Å². The highest BCUT2D eigenvalue weighted by molar-refractivity contribution is 7.15. The number of ketones is 1. The summed E-state index contributed by atoms with van der Waals surface area (Å²) in [5.74, 6) is -0.879. The van der Waals surface area contributed by atoms with Gasteiger partial charge in [0.2, 0.25) is 6.10 Å². The molecule has 130 valence electrons. The van der Waals surface area contributed by atoms with Crippen molar-refractivity contribution in [1.29, 1.82) is 0 Å². The van der Waals surface area contributed by atoms with Gasteiger partial charge in [0.05, 0.1) is 4.88 Å². The Morgan fingerprint density at radius 1 is 1.00 bits per heavy atom. The topological polar surface area (TPSA) is 63.7 Å². The van der Waals surface area contributed by atoms with Crippen LogP contribution in [-0.2, 0) is 9.53 Å². The highest BCUT2D eigenvalue weighted by atomic mass is 32.1. The van der Waals surface area contributed by atoms with E-state index < -0.39 is 12.1 Å². The maximum absolute atomic E-state index is 12.8. The average molecular weight is 357 g/mol. The van der Waals surface area contributed by atoms with Gasteiger partial charge in [-0.25, -0.2) is 4.79 Å². The van der Waals surface area contributed by atoms with E-state index in [0.717, 1.165) is 24.2 Å². The molecule has 5 nitrogen and oxygen atoms in total. The fourth-order valence-corrected chi connectivity index (χ4v) is 3.58. The number of ether oxygens (including phenoxy) is 1. The summed E-state index contributed by atoms with van der Waals surface area (Å²) < 4.78 is 5.56. The van der Waals surface area contributed by atoms with Gasteiger partial charge in [-0.15, -0.1) is 11.3 Å². The van der Waals surface area contributed by atoms with Crippen LogP contribution in [0.1, 0.15) is 50.8 Å². The normalized spacial score (nSPS) is 15.0. The molecule has 1 aromatic heterocycles. The molecule has 25 heavy (non-hydrogen) atoms. The molecule has 0 N–H and O–H groups in total. The molecule has 0 radical (unpaired) electrons. The molecular formula is C19H19NO4S. The van der Waals surface area contributed by atoms with E-state index in [1.165, 1.54) is 6.92 Å². The van der Waals surface area contributed by atoms with Gasteiger partial charge in [-0.05, 0) is 31.9 Å². The predicted octanol–water partition coefficient (Wildman–Crippen LogP) is 3.47. The zero-order valence-electron chi connectivity index (χ0n) is 13.9. The van der Waals surface area contributed by atoms with E-state index in [1.54, 1.807) is 29.2 Å². The fraction of sp³-hybridized carbons (Fsp3) is 0.316. The van der Waals surface area contributed by atoms with Gasteiger partial charge >= 0.3 is 5.97 Å². The minimum absolute atomic E-state index is 0.100. The Kier molecular flexibility index (Phi) is 5.28. The first-order valence-corrected chi connectivity index (χ1v) is 9.03. The Morgan fingerprint density at radius 2 is 1.64 bits per heavy atom. The molecule has 0 bridgehead atoms. The number of amides is 1. The molecule has 6 heteroatoms. The van der Waals surface area contributed by atoms with E-state index in [-0.39, 0.29) is 11.7 Å². The maximum atomic E-state index is 12.8. The van der Waals surface area contributed by atoms with Gasteiger partial charge in [0.15, 0.2) is 5.78 Å². The Labute approximate surface area is 150 Å². The van der Waals surface area contributed by atoms with Crippen molar-refractivity contribution >= 4 is 29.0 Å². The summed E-state index contributed by atoms with van der Waals surface area (Å²) in [6.45, 7) is 2.82. The summed E-state index contributed by atoms with van der Waals surface area (Å²) in [6, 6.07) is 12.2. The third-order valence-corrected chi connectivity index (χ3v) is 5.29. The molecule has 1 aliphatic rings. The van der Waals surface area contributed by atoms with E-state index in [9.17, 15) is 14.4 Å². The van der Waals surface area contributed by atoms with Crippen LogP contribution in [-0.4, -0.2) is 35.6 Å². The number of Topliss-reactive ketones (excluding diaryl/α,β-unsaturated/α-hetero) is 1. The number of likely N-dealkylation sites (tertiary alicyclic amines) is 1. The van der Waals surface area contributed by atoms with E-state index >= 15 is 0 Å². The van der Waals surface area contributed by atoms with Crippen molar-refractivity contribution in [2.24, 2.45) is 0 Å².